The van der Waals surface area contributed by atoms with Crippen molar-refractivity contribution < 1.29 is 10.3 Å². The number of likely N-dealkylation sites (N-methyl/N-ethyl adjacent to an activating group) is 1. The summed E-state index contributed by atoms with van der Waals surface area (Å²) in [5.74, 6) is 0. The molecule has 0 unspecified atom stereocenters. The lowest BCUT2D eigenvalue weighted by molar-refractivity contribution is -0.112. The van der Waals surface area contributed by atoms with E-state index < -0.39 is 0 Å². The third-order valence-electron chi connectivity index (χ3n) is 0.441. The molecular formula is C4H10ClNO2. The average molecular weight is 140 g/mol. The Hall–Kier alpha value is -0.120. The van der Waals surface area contributed by atoms with Crippen molar-refractivity contribution in [3.63, 3.8) is 0 Å². The van der Waals surface area contributed by atoms with E-state index >= 15 is 0 Å². The van der Waals surface area contributed by atoms with Gasteiger partial charge in [-0.1, -0.05) is 0 Å². The molecule has 50 valence electrons. The van der Waals surface area contributed by atoms with Crippen molar-refractivity contribution in [2.75, 3.05) is 20.6 Å². The molecule has 8 heavy (non-hydrogen) atoms. The zero-order valence-electron chi connectivity index (χ0n) is 4.94. The van der Waals surface area contributed by atoms with Gasteiger partial charge in [0, 0.05) is 0 Å². The Kier molecular flexibility index (Phi) is 6.78. The average Bonchev–Trinajstić information content (AvgIpc) is 1.27. The number of hydrogen-bond donors (Lipinski definition) is 0. The topological polar surface area (TPSA) is 51.8 Å². The molecule has 0 aromatic rings. The van der Waals surface area contributed by atoms with Gasteiger partial charge in [-0.25, -0.2) is 0 Å². The van der Waals surface area contributed by atoms with Gasteiger partial charge in [-0.3, -0.25) is 4.79 Å². The minimum absolute atomic E-state index is 0. The van der Waals surface area contributed by atoms with E-state index in [2.05, 4.69) is 0 Å². The summed E-state index contributed by atoms with van der Waals surface area (Å²) in [5, 5.41) is -0.315. The molecule has 0 saturated heterocycles. The highest BCUT2D eigenvalue weighted by atomic mass is 35.5. The minimum Gasteiger partial charge on any atom is -0.412 e. The molecule has 0 aliphatic heterocycles. The lowest BCUT2D eigenvalue weighted by atomic mass is 10.7. The van der Waals surface area contributed by atoms with Gasteiger partial charge in [0.05, 0.1) is 6.54 Å². The second-order valence-electron chi connectivity index (χ2n) is 1.59. The van der Waals surface area contributed by atoms with Crippen LogP contribution >= 0.6 is 11.6 Å². The molecule has 3 nitrogen and oxygen atoms in total. The third kappa shape index (κ3) is 9.30. The van der Waals surface area contributed by atoms with E-state index in [1.54, 1.807) is 19.0 Å². The Balaban J connectivity index is 0. The van der Waals surface area contributed by atoms with E-state index in [-0.39, 0.29) is 10.7 Å². The molecule has 0 radical (unpaired) electrons. The van der Waals surface area contributed by atoms with Crippen LogP contribution in [0.3, 0.4) is 0 Å². The summed E-state index contributed by atoms with van der Waals surface area (Å²) in [6, 6.07) is 0. The Morgan fingerprint density at radius 2 is 2.00 bits per heavy atom. The quantitative estimate of drug-likeness (QED) is 0.484. The van der Waals surface area contributed by atoms with Crippen LogP contribution in [0.1, 0.15) is 0 Å². The fraction of sp³-hybridized carbons (Fsp3) is 0.750. The zero-order valence-corrected chi connectivity index (χ0v) is 5.70. The summed E-state index contributed by atoms with van der Waals surface area (Å²) in [6.45, 7) is 0.321. The number of hydrogen-bond acceptors (Lipinski definition) is 2. The van der Waals surface area contributed by atoms with Crippen molar-refractivity contribution in [1.29, 1.82) is 0 Å². The molecule has 0 aromatic heterocycles. The number of rotatable bonds is 2. The number of nitrogens with zero attached hydrogens (tertiary/aromatic N) is 1. The minimum atomic E-state index is -0.315. The van der Waals surface area contributed by atoms with Crippen molar-refractivity contribution in [2.24, 2.45) is 0 Å². The lowest BCUT2D eigenvalue weighted by Gasteiger charge is -2.01. The van der Waals surface area contributed by atoms with Gasteiger partial charge in [0.2, 0.25) is 5.24 Å². The summed E-state index contributed by atoms with van der Waals surface area (Å²) in [5.41, 5.74) is 0. The molecular weight excluding hydrogens is 130 g/mol. The summed E-state index contributed by atoms with van der Waals surface area (Å²) >= 11 is 4.99. The molecule has 0 heterocycles. The Labute approximate surface area is 53.5 Å². The van der Waals surface area contributed by atoms with Crippen molar-refractivity contribution in [3.8, 4) is 0 Å². The molecule has 0 aromatic carbocycles. The maximum Gasteiger partial charge on any atom is 0.235 e. The molecule has 2 N–H and O–H groups in total. The normalized spacial score (nSPS) is 8.50. The molecule has 0 aliphatic carbocycles. The van der Waals surface area contributed by atoms with Crippen molar-refractivity contribution >= 4 is 16.8 Å². The summed E-state index contributed by atoms with van der Waals surface area (Å²) in [6.07, 6.45) is 0. The van der Waals surface area contributed by atoms with Crippen LogP contribution in [0.15, 0.2) is 0 Å². The van der Waals surface area contributed by atoms with Crippen LogP contribution in [0.5, 0.6) is 0 Å². The predicted octanol–water partition coefficient (Wildman–Crippen LogP) is -0.511. The van der Waals surface area contributed by atoms with Gasteiger partial charge in [-0.05, 0) is 25.7 Å². The number of halogens is 1. The van der Waals surface area contributed by atoms with Crippen molar-refractivity contribution in [1.82, 2.24) is 4.90 Å². The van der Waals surface area contributed by atoms with Gasteiger partial charge in [0.15, 0.2) is 0 Å². The van der Waals surface area contributed by atoms with E-state index in [0.29, 0.717) is 6.54 Å². The van der Waals surface area contributed by atoms with Crippen molar-refractivity contribution in [3.05, 3.63) is 0 Å². The van der Waals surface area contributed by atoms with Gasteiger partial charge in [-0.15, -0.1) is 0 Å². The smallest absolute Gasteiger partial charge is 0.235 e. The molecule has 0 fully saturated rings. The first kappa shape index (κ1) is 10.8. The third-order valence-corrected chi connectivity index (χ3v) is 0.560. The lowest BCUT2D eigenvalue weighted by Crippen LogP contribution is -2.17. The first-order chi connectivity index (χ1) is 3.13. The van der Waals surface area contributed by atoms with E-state index in [4.69, 9.17) is 11.6 Å². The molecule has 0 aliphatic rings. The Morgan fingerprint density at radius 1 is 1.62 bits per heavy atom. The van der Waals surface area contributed by atoms with Gasteiger partial charge >= 0.3 is 0 Å². The highest BCUT2D eigenvalue weighted by molar-refractivity contribution is 6.64. The number of carbonyl (C=O) groups excluding carboxylic acids is 1. The molecule has 0 atom stereocenters. The maximum absolute atomic E-state index is 9.98. The Morgan fingerprint density at radius 3 is 2.00 bits per heavy atom. The fourth-order valence-electron chi connectivity index (χ4n) is 0.249. The van der Waals surface area contributed by atoms with Crippen LogP contribution in [-0.4, -0.2) is 36.3 Å². The molecule has 0 saturated carbocycles. The summed E-state index contributed by atoms with van der Waals surface area (Å²) in [4.78, 5) is 11.7. The molecule has 0 rings (SSSR count). The fourth-order valence-corrected chi connectivity index (χ4v) is 0.488. The first-order valence-electron chi connectivity index (χ1n) is 1.96. The van der Waals surface area contributed by atoms with Gasteiger partial charge < -0.3 is 10.4 Å². The van der Waals surface area contributed by atoms with Crippen LogP contribution in [0, 0.1) is 0 Å². The van der Waals surface area contributed by atoms with E-state index in [1.165, 1.54) is 0 Å². The van der Waals surface area contributed by atoms with Crippen molar-refractivity contribution in [2.45, 2.75) is 0 Å². The highest BCUT2D eigenvalue weighted by Crippen LogP contribution is 1.80. The second-order valence-corrected chi connectivity index (χ2v) is 2.01. The molecule has 0 bridgehead atoms. The second kappa shape index (κ2) is 5.03. The largest absolute Gasteiger partial charge is 0.412 e. The molecule has 4 heteroatoms. The van der Waals surface area contributed by atoms with E-state index in [9.17, 15) is 4.79 Å². The van der Waals surface area contributed by atoms with Crippen LogP contribution in [0.2, 0.25) is 0 Å². The summed E-state index contributed by atoms with van der Waals surface area (Å²) in [7, 11) is 3.58. The van der Waals surface area contributed by atoms with E-state index in [0.717, 1.165) is 0 Å². The zero-order chi connectivity index (χ0) is 5.86. The standard InChI is InChI=1S/C4H8ClNO.H2O/c1-6(2)3-4(5)7;/h3H2,1-2H3;1H2. The molecule has 0 spiro atoms. The van der Waals surface area contributed by atoms with E-state index in [1.807, 2.05) is 0 Å². The summed E-state index contributed by atoms with van der Waals surface area (Å²) < 4.78 is 0. The maximum atomic E-state index is 9.98. The predicted molar refractivity (Wildman–Crippen MR) is 33.0 cm³/mol. The van der Waals surface area contributed by atoms with Crippen LogP contribution < -0.4 is 0 Å². The van der Waals surface area contributed by atoms with Crippen LogP contribution in [-0.2, 0) is 4.79 Å². The monoisotopic (exact) mass is 139 g/mol. The first-order valence-corrected chi connectivity index (χ1v) is 2.34. The van der Waals surface area contributed by atoms with Crippen LogP contribution in [0.25, 0.3) is 0 Å². The van der Waals surface area contributed by atoms with Crippen LogP contribution in [0.4, 0.5) is 0 Å². The van der Waals surface area contributed by atoms with Gasteiger partial charge in [0.25, 0.3) is 0 Å². The van der Waals surface area contributed by atoms with Gasteiger partial charge in [0.1, 0.15) is 0 Å². The van der Waals surface area contributed by atoms with Gasteiger partial charge in [-0.2, -0.15) is 0 Å². The highest BCUT2D eigenvalue weighted by Gasteiger charge is 1.94. The number of carbonyl (C=O) groups is 1. The molecule has 0 amide bonds. The Bertz CT molecular complexity index is 74.4. The SMILES string of the molecule is CN(C)CC(=O)Cl.O.